The molecule has 0 radical (unpaired) electrons. The third kappa shape index (κ3) is 6.71. The van der Waals surface area contributed by atoms with E-state index in [1.807, 2.05) is 11.0 Å². The Morgan fingerprint density at radius 1 is 1.07 bits per heavy atom. The van der Waals surface area contributed by atoms with Gasteiger partial charge in [-0.1, -0.05) is 17.7 Å². The summed E-state index contributed by atoms with van der Waals surface area (Å²) < 4.78 is 18.6. The van der Waals surface area contributed by atoms with Crippen molar-refractivity contribution in [2.24, 2.45) is 0 Å². The number of amides is 2. The van der Waals surface area contributed by atoms with Crippen molar-refractivity contribution in [1.82, 2.24) is 15.1 Å². The van der Waals surface area contributed by atoms with Crippen molar-refractivity contribution < 1.29 is 18.7 Å². The molecule has 0 bridgehead atoms. The first-order valence-corrected chi connectivity index (χ1v) is 10.3. The van der Waals surface area contributed by atoms with Crippen LogP contribution in [-0.2, 0) is 4.79 Å². The Hall–Kier alpha value is -2.64. The zero-order valence-corrected chi connectivity index (χ0v) is 17.4. The van der Waals surface area contributed by atoms with Gasteiger partial charge in [0, 0.05) is 36.8 Å². The third-order valence-corrected chi connectivity index (χ3v) is 5.06. The highest BCUT2D eigenvalue weighted by Crippen LogP contribution is 2.16. The molecule has 1 aliphatic heterocycles. The average Bonchev–Trinajstić information content (AvgIpc) is 2.97. The molecule has 2 amide bonds. The number of nitrogens with zero attached hydrogens (tertiary/aromatic N) is 2. The summed E-state index contributed by atoms with van der Waals surface area (Å²) in [6.45, 7) is 3.51. The molecule has 1 saturated heterocycles. The lowest BCUT2D eigenvalue weighted by Crippen LogP contribution is -2.41. The number of hydrogen-bond donors (Lipinski definition) is 1. The largest absolute Gasteiger partial charge is 0.492 e. The molecule has 1 aliphatic rings. The van der Waals surface area contributed by atoms with Crippen molar-refractivity contribution >= 4 is 23.4 Å². The Morgan fingerprint density at radius 3 is 2.63 bits per heavy atom. The number of halogens is 2. The molecular formula is C22H25ClFN3O3. The van der Waals surface area contributed by atoms with E-state index < -0.39 is 0 Å². The predicted molar refractivity (Wildman–Crippen MR) is 113 cm³/mol. The lowest BCUT2D eigenvalue weighted by atomic mass is 10.2. The van der Waals surface area contributed by atoms with Crippen LogP contribution in [0.15, 0.2) is 48.5 Å². The summed E-state index contributed by atoms with van der Waals surface area (Å²) in [7, 11) is 0. The number of hydrogen-bond acceptors (Lipinski definition) is 4. The van der Waals surface area contributed by atoms with Crippen molar-refractivity contribution in [3.8, 4) is 5.75 Å². The highest BCUT2D eigenvalue weighted by molar-refractivity contribution is 6.30. The van der Waals surface area contributed by atoms with Crippen LogP contribution < -0.4 is 10.1 Å². The molecule has 160 valence electrons. The van der Waals surface area contributed by atoms with E-state index in [2.05, 4.69) is 5.32 Å². The molecular weight excluding hydrogens is 409 g/mol. The fourth-order valence-electron chi connectivity index (χ4n) is 3.28. The van der Waals surface area contributed by atoms with Gasteiger partial charge in [-0.2, -0.15) is 0 Å². The summed E-state index contributed by atoms with van der Waals surface area (Å²) >= 11 is 5.91. The summed E-state index contributed by atoms with van der Waals surface area (Å²) in [6, 6.07) is 12.7. The number of nitrogens with one attached hydrogen (secondary N) is 1. The van der Waals surface area contributed by atoms with Gasteiger partial charge in [0.2, 0.25) is 5.91 Å². The minimum Gasteiger partial charge on any atom is -0.492 e. The van der Waals surface area contributed by atoms with Crippen molar-refractivity contribution in [2.45, 2.75) is 6.42 Å². The number of ether oxygens (including phenoxy) is 1. The Labute approximate surface area is 180 Å². The molecule has 3 rings (SSSR count). The Kier molecular flexibility index (Phi) is 8.04. The van der Waals surface area contributed by atoms with E-state index in [1.54, 1.807) is 23.1 Å². The second-order valence-corrected chi connectivity index (χ2v) is 7.52. The number of benzene rings is 2. The number of rotatable bonds is 7. The van der Waals surface area contributed by atoms with E-state index in [4.69, 9.17) is 16.3 Å². The average molecular weight is 434 g/mol. The summed E-state index contributed by atoms with van der Waals surface area (Å²) in [6.07, 6.45) is 0.776. The van der Waals surface area contributed by atoms with E-state index in [1.165, 1.54) is 24.3 Å². The normalized spacial score (nSPS) is 14.8. The predicted octanol–water partition coefficient (Wildman–Crippen LogP) is 2.82. The summed E-state index contributed by atoms with van der Waals surface area (Å²) in [5.74, 6) is 0.107. The Morgan fingerprint density at radius 2 is 1.87 bits per heavy atom. The zero-order chi connectivity index (χ0) is 21.3. The van der Waals surface area contributed by atoms with Crippen molar-refractivity contribution in [3.05, 3.63) is 64.9 Å². The molecule has 2 aromatic carbocycles. The van der Waals surface area contributed by atoms with E-state index >= 15 is 0 Å². The molecule has 30 heavy (non-hydrogen) atoms. The Bertz CT molecular complexity index is 863. The van der Waals surface area contributed by atoms with Gasteiger partial charge < -0.3 is 15.0 Å². The zero-order valence-electron chi connectivity index (χ0n) is 16.7. The van der Waals surface area contributed by atoms with E-state index in [-0.39, 0.29) is 24.2 Å². The highest BCUT2D eigenvalue weighted by Gasteiger charge is 2.21. The van der Waals surface area contributed by atoms with Gasteiger partial charge in [0.15, 0.2) is 0 Å². The van der Waals surface area contributed by atoms with Crippen LogP contribution in [0.25, 0.3) is 0 Å². The standard InChI is InChI=1S/C22H25ClFN3O3/c23-18-3-1-4-20(15-18)30-14-9-25-21(28)16-26-10-2-11-27(13-12-26)22(29)17-5-7-19(24)8-6-17/h1,3-8,15H,2,9-14,16H2,(H,25,28). The summed E-state index contributed by atoms with van der Waals surface area (Å²) in [5.41, 5.74) is 0.474. The van der Waals surface area contributed by atoms with Crippen molar-refractivity contribution in [1.29, 1.82) is 0 Å². The maximum absolute atomic E-state index is 13.1. The van der Waals surface area contributed by atoms with E-state index in [0.29, 0.717) is 49.1 Å². The molecule has 8 heteroatoms. The fourth-order valence-corrected chi connectivity index (χ4v) is 3.46. The monoisotopic (exact) mass is 433 g/mol. The maximum atomic E-state index is 13.1. The lowest BCUT2D eigenvalue weighted by molar-refractivity contribution is -0.122. The van der Waals surface area contributed by atoms with Gasteiger partial charge >= 0.3 is 0 Å². The van der Waals surface area contributed by atoms with Crippen molar-refractivity contribution in [3.63, 3.8) is 0 Å². The maximum Gasteiger partial charge on any atom is 0.253 e. The van der Waals surface area contributed by atoms with Gasteiger partial charge in [-0.15, -0.1) is 0 Å². The molecule has 0 aliphatic carbocycles. The molecule has 1 fully saturated rings. The van der Waals surface area contributed by atoms with Gasteiger partial charge in [0.1, 0.15) is 18.2 Å². The van der Waals surface area contributed by atoms with Crippen LogP contribution in [0.2, 0.25) is 5.02 Å². The Balaban J connectivity index is 1.38. The van der Waals surface area contributed by atoms with Crippen LogP contribution in [0.5, 0.6) is 5.75 Å². The highest BCUT2D eigenvalue weighted by atomic mass is 35.5. The summed E-state index contributed by atoms with van der Waals surface area (Å²) in [4.78, 5) is 28.6. The number of carbonyl (C=O) groups is 2. The smallest absolute Gasteiger partial charge is 0.253 e. The topological polar surface area (TPSA) is 61.9 Å². The first-order valence-electron chi connectivity index (χ1n) is 9.93. The molecule has 2 aromatic rings. The summed E-state index contributed by atoms with van der Waals surface area (Å²) in [5, 5.41) is 3.45. The van der Waals surface area contributed by atoms with Gasteiger partial charge in [0.05, 0.1) is 13.1 Å². The lowest BCUT2D eigenvalue weighted by Gasteiger charge is -2.22. The molecule has 0 spiro atoms. The van der Waals surface area contributed by atoms with E-state index in [0.717, 1.165) is 13.0 Å². The van der Waals surface area contributed by atoms with Crippen molar-refractivity contribution in [2.75, 3.05) is 45.9 Å². The molecule has 0 saturated carbocycles. The van der Waals surface area contributed by atoms with Gasteiger partial charge in [-0.25, -0.2) is 4.39 Å². The van der Waals surface area contributed by atoms with Crippen LogP contribution in [0.1, 0.15) is 16.8 Å². The second kappa shape index (κ2) is 10.9. The molecule has 0 unspecified atom stereocenters. The van der Waals surface area contributed by atoms with Crippen LogP contribution in [0.3, 0.4) is 0 Å². The van der Waals surface area contributed by atoms with Gasteiger partial charge in [-0.3, -0.25) is 14.5 Å². The van der Waals surface area contributed by atoms with E-state index in [9.17, 15) is 14.0 Å². The fraction of sp³-hybridized carbons (Fsp3) is 0.364. The minimum absolute atomic E-state index is 0.0806. The van der Waals surface area contributed by atoms with Gasteiger partial charge in [0.25, 0.3) is 5.91 Å². The third-order valence-electron chi connectivity index (χ3n) is 4.82. The quantitative estimate of drug-likeness (QED) is 0.682. The molecule has 1 N–H and O–H groups in total. The number of carbonyl (C=O) groups excluding carboxylic acids is 2. The first kappa shape index (κ1) is 22.1. The van der Waals surface area contributed by atoms with Crippen LogP contribution in [0.4, 0.5) is 4.39 Å². The SMILES string of the molecule is O=C(CN1CCCN(C(=O)c2ccc(F)cc2)CC1)NCCOc1cccc(Cl)c1. The minimum atomic E-state index is -0.363. The molecule has 6 nitrogen and oxygen atoms in total. The van der Waals surface area contributed by atoms with Crippen LogP contribution in [0, 0.1) is 5.82 Å². The molecule has 0 aromatic heterocycles. The molecule has 0 atom stereocenters. The molecule has 1 heterocycles. The first-order chi connectivity index (χ1) is 14.5. The van der Waals surface area contributed by atoms with Crippen LogP contribution >= 0.6 is 11.6 Å². The van der Waals surface area contributed by atoms with Crippen LogP contribution in [-0.4, -0.2) is 67.5 Å². The second-order valence-electron chi connectivity index (χ2n) is 7.08. The van der Waals surface area contributed by atoms with Gasteiger partial charge in [-0.05, 0) is 48.9 Å².